The Hall–Kier alpha value is -3.31. The third-order valence-electron chi connectivity index (χ3n) is 11.3. The van der Waals surface area contributed by atoms with Gasteiger partial charge in [-0.25, -0.2) is 9.97 Å². The summed E-state index contributed by atoms with van der Waals surface area (Å²) in [5.74, 6) is 1.37. The Morgan fingerprint density at radius 3 is 1.59 bits per heavy atom. The lowest BCUT2D eigenvalue weighted by Crippen LogP contribution is -2.47. The number of carbonyl (C=O) groups is 1. The summed E-state index contributed by atoms with van der Waals surface area (Å²) in [6.45, 7) is 24.4. The number of anilines is 2. The van der Waals surface area contributed by atoms with Gasteiger partial charge in [-0.2, -0.15) is 0 Å². The minimum Gasteiger partial charge on any atom is -0.460 e. The molecule has 3 aromatic rings. The predicted octanol–water partition coefficient (Wildman–Crippen LogP) is 4.87. The number of imidazole rings is 1. The smallest absolute Gasteiger partial charge is 0.308 e. The first kappa shape index (κ1) is 59.3. The molecule has 1 aliphatic rings. The molecule has 19 heteroatoms. The zero-order valence-electron chi connectivity index (χ0n) is 43.7. The number of benzene rings is 1. The summed E-state index contributed by atoms with van der Waals surface area (Å²) in [6.07, 6.45) is 5.63. The first-order chi connectivity index (χ1) is 34.1. The lowest BCUT2D eigenvalue weighted by atomic mass is 10.1. The molecule has 0 atom stereocenters. The molecule has 4 rings (SSSR count). The molecule has 0 amide bonds. The van der Waals surface area contributed by atoms with Crippen LogP contribution in [0.5, 0.6) is 0 Å². The van der Waals surface area contributed by atoms with E-state index in [9.17, 15) is 4.79 Å². The summed E-state index contributed by atoms with van der Waals surface area (Å²) in [4.78, 5) is 28.7. The number of rotatable bonds is 42. The molecule has 0 aliphatic carbocycles. The molecule has 0 spiro atoms. The monoisotopic (exact) mass is 992 g/mol. The van der Waals surface area contributed by atoms with Crippen molar-refractivity contribution >= 4 is 39.4 Å². The minimum absolute atomic E-state index is 0.229. The van der Waals surface area contributed by atoms with Gasteiger partial charge in [-0.3, -0.25) is 9.69 Å². The van der Waals surface area contributed by atoms with Crippen LogP contribution in [0.3, 0.4) is 0 Å². The topological polar surface area (TPSA) is 185 Å². The summed E-state index contributed by atoms with van der Waals surface area (Å²) in [6, 6.07) is 6.62. The van der Waals surface area contributed by atoms with Crippen molar-refractivity contribution in [3.8, 4) is 0 Å². The normalized spacial score (nSPS) is 13.7. The Morgan fingerprint density at radius 2 is 1.11 bits per heavy atom. The van der Waals surface area contributed by atoms with Crippen LogP contribution in [0.25, 0.3) is 21.9 Å². The molecule has 3 heterocycles. The van der Waals surface area contributed by atoms with Crippen LogP contribution in [-0.2, 0) is 69.9 Å². The number of ether oxygens (including phenoxy) is 11. The molecule has 70 heavy (non-hydrogen) atoms. The Morgan fingerprint density at radius 1 is 0.629 bits per heavy atom. The number of hydrogen-bond acceptors (Lipinski definition) is 18. The van der Waals surface area contributed by atoms with E-state index in [-0.39, 0.29) is 12.4 Å². The quantitative estimate of drug-likeness (QED) is 0.0598. The van der Waals surface area contributed by atoms with Crippen molar-refractivity contribution in [3.63, 3.8) is 0 Å². The van der Waals surface area contributed by atoms with Crippen LogP contribution in [0.15, 0.2) is 18.2 Å². The predicted molar refractivity (Wildman–Crippen MR) is 273 cm³/mol. The number of unbranched alkanes of at least 4 members (excludes halogenated alkanes) is 2. The molecule has 2 N–H and O–H groups in total. The Kier molecular flexibility index (Phi) is 30.3. The first-order valence-corrected chi connectivity index (χ1v) is 25.8. The number of nitrogen functional groups attached to an aromatic ring is 1. The van der Waals surface area contributed by atoms with Crippen LogP contribution in [0.1, 0.15) is 65.6 Å². The van der Waals surface area contributed by atoms with Crippen molar-refractivity contribution in [2.45, 2.75) is 78.4 Å². The molecule has 1 fully saturated rings. The Labute approximate surface area is 418 Å². The van der Waals surface area contributed by atoms with E-state index in [1.807, 2.05) is 20.8 Å². The molecule has 0 bridgehead atoms. The number of piperazine rings is 1. The van der Waals surface area contributed by atoms with Crippen molar-refractivity contribution in [3.05, 3.63) is 24.0 Å². The fourth-order valence-electron chi connectivity index (χ4n) is 7.66. The lowest BCUT2D eigenvalue weighted by molar-refractivity contribution is -0.156. The second kappa shape index (κ2) is 35.7. The van der Waals surface area contributed by atoms with Gasteiger partial charge in [0.1, 0.15) is 16.9 Å². The molecule has 0 saturated carbocycles. The highest BCUT2D eigenvalue weighted by molar-refractivity contribution is 6.07. The zero-order chi connectivity index (χ0) is 50.1. The van der Waals surface area contributed by atoms with Crippen LogP contribution in [-0.4, -0.2) is 221 Å². The number of nitrogens with two attached hydrogens (primary N) is 1. The molecule has 1 aromatic carbocycles. The van der Waals surface area contributed by atoms with Crippen molar-refractivity contribution < 1.29 is 56.9 Å². The minimum atomic E-state index is -0.479. The van der Waals surface area contributed by atoms with Crippen LogP contribution in [0, 0.1) is 0 Å². The number of pyridine rings is 1. The number of esters is 1. The maximum atomic E-state index is 11.6. The lowest BCUT2D eigenvalue weighted by Gasteiger charge is -2.36. The van der Waals surface area contributed by atoms with Crippen molar-refractivity contribution in [1.29, 1.82) is 0 Å². The van der Waals surface area contributed by atoms with Gasteiger partial charge in [-0.1, -0.05) is 13.3 Å². The van der Waals surface area contributed by atoms with Gasteiger partial charge in [0.25, 0.3) is 0 Å². The van der Waals surface area contributed by atoms with Gasteiger partial charge in [-0.05, 0) is 78.9 Å². The molecule has 2 aromatic heterocycles. The summed E-state index contributed by atoms with van der Waals surface area (Å²) in [5.41, 5.74) is 10.2. The Bertz CT molecular complexity index is 1820. The van der Waals surface area contributed by atoms with Crippen LogP contribution < -0.4 is 10.6 Å². The molecule has 19 nitrogen and oxygen atoms in total. The molecular weight excluding hydrogens is 903 g/mol. The van der Waals surface area contributed by atoms with Gasteiger partial charge < -0.3 is 72.2 Å². The van der Waals surface area contributed by atoms with Gasteiger partial charge in [-0.15, -0.1) is 0 Å². The number of aromatic nitrogens is 3. The van der Waals surface area contributed by atoms with E-state index < -0.39 is 5.60 Å². The molecule has 1 aliphatic heterocycles. The Balaban J connectivity index is 0.899. The van der Waals surface area contributed by atoms with E-state index in [1.54, 1.807) is 0 Å². The maximum absolute atomic E-state index is 11.6. The van der Waals surface area contributed by atoms with Crippen LogP contribution in [0.2, 0.25) is 0 Å². The summed E-state index contributed by atoms with van der Waals surface area (Å²) in [5, 5.41) is 1.13. The summed E-state index contributed by atoms with van der Waals surface area (Å²) >= 11 is 0. The fourth-order valence-corrected chi connectivity index (χ4v) is 7.66. The second-order valence-electron chi connectivity index (χ2n) is 18.5. The van der Waals surface area contributed by atoms with Gasteiger partial charge in [0, 0.05) is 56.8 Å². The first-order valence-electron chi connectivity index (χ1n) is 25.8. The van der Waals surface area contributed by atoms with Crippen molar-refractivity contribution in [2.75, 3.05) is 196 Å². The number of carbonyl (C=O) groups excluding carboxylic acids is 1. The van der Waals surface area contributed by atoms with Crippen LogP contribution in [0.4, 0.5) is 11.5 Å². The number of nitrogens with zero attached hydrogens (tertiary/aromatic N) is 6. The van der Waals surface area contributed by atoms with Gasteiger partial charge in [0.15, 0.2) is 5.82 Å². The summed E-state index contributed by atoms with van der Waals surface area (Å²) in [7, 11) is 4.26. The highest BCUT2D eigenvalue weighted by atomic mass is 16.6. The van der Waals surface area contributed by atoms with Gasteiger partial charge >= 0.3 is 5.97 Å². The highest BCUT2D eigenvalue weighted by Gasteiger charge is 2.21. The van der Waals surface area contributed by atoms with Gasteiger partial charge in [0.2, 0.25) is 0 Å². The maximum Gasteiger partial charge on any atom is 0.308 e. The second-order valence-corrected chi connectivity index (χ2v) is 18.5. The molecule has 0 unspecified atom stereocenters. The zero-order valence-corrected chi connectivity index (χ0v) is 43.7. The SMILES string of the molecule is CCCCc1nc2c(N)nc3ccc(N4CCN(CCOCCOCCOCCOCCOCCOCCOCCOCCOCCOCCC(=O)OC(C)(C)C)CC4)cc3c2n1CCCCN(C)C. The van der Waals surface area contributed by atoms with E-state index in [0.717, 1.165) is 106 Å². The van der Waals surface area contributed by atoms with E-state index in [0.29, 0.717) is 138 Å². The van der Waals surface area contributed by atoms with E-state index in [1.165, 1.54) is 5.69 Å². The standard InChI is InChI=1S/C51H89N7O12/c1-7-8-11-46-54-48-49(58(46)16-10-9-15-55(5)6)44-42-43(12-13-45(44)53-50(48)52)57-19-17-56(18-20-57)21-23-61-25-27-63-29-31-65-33-35-67-37-39-69-41-40-68-38-36-66-34-32-64-30-28-62-26-24-60-22-14-47(59)70-51(2,3)4/h12-13,42H,7-11,14-41H2,1-6H3,(H2,52,53). The number of fused-ring (bicyclic) bond motifs is 3. The molecule has 400 valence electrons. The molecule has 0 radical (unpaired) electrons. The summed E-state index contributed by atoms with van der Waals surface area (Å²) < 4.78 is 63.3. The average Bonchev–Trinajstić information content (AvgIpc) is 3.71. The van der Waals surface area contributed by atoms with E-state index in [4.69, 9.17) is 67.8 Å². The van der Waals surface area contributed by atoms with Crippen molar-refractivity contribution in [1.82, 2.24) is 24.3 Å². The molecule has 1 saturated heterocycles. The van der Waals surface area contributed by atoms with Crippen molar-refractivity contribution in [2.24, 2.45) is 0 Å². The fraction of sp³-hybridized carbons (Fsp3) is 0.784. The highest BCUT2D eigenvalue weighted by Crippen LogP contribution is 2.33. The molecular formula is C51H89N7O12. The average molecular weight is 992 g/mol. The third-order valence-corrected chi connectivity index (χ3v) is 11.3. The van der Waals surface area contributed by atoms with Gasteiger partial charge in [0.05, 0.1) is 150 Å². The third kappa shape index (κ3) is 24.9. The number of hydrogen-bond donors (Lipinski definition) is 1. The number of aryl methyl sites for hydroxylation is 2. The van der Waals surface area contributed by atoms with E-state index >= 15 is 0 Å². The van der Waals surface area contributed by atoms with Crippen LogP contribution >= 0.6 is 0 Å². The largest absolute Gasteiger partial charge is 0.460 e. The van der Waals surface area contributed by atoms with E-state index in [2.05, 4.69) is 58.5 Å².